The van der Waals surface area contributed by atoms with Crippen molar-refractivity contribution in [2.75, 3.05) is 6.61 Å². The highest BCUT2D eigenvalue weighted by molar-refractivity contribution is 5.59. The summed E-state index contributed by atoms with van der Waals surface area (Å²) < 4.78 is 5.84. The summed E-state index contributed by atoms with van der Waals surface area (Å²) >= 11 is 0. The molecule has 1 aromatic carbocycles. The Bertz CT molecular complexity index is 633. The first-order chi connectivity index (χ1) is 14.3. The molecule has 0 radical (unpaired) electrons. The summed E-state index contributed by atoms with van der Waals surface area (Å²) in [4.78, 5) is 4.60. The van der Waals surface area contributed by atoms with E-state index in [1.807, 2.05) is 12.3 Å². The highest BCUT2D eigenvalue weighted by Gasteiger charge is 2.02. The molecule has 0 saturated heterocycles. The van der Waals surface area contributed by atoms with Crippen molar-refractivity contribution in [3.05, 3.63) is 48.2 Å². The summed E-state index contributed by atoms with van der Waals surface area (Å²) in [5, 5.41) is 0. The maximum atomic E-state index is 5.84. The molecular formula is C27H41NO. The summed E-state index contributed by atoms with van der Waals surface area (Å²) in [6.45, 7) is 5.32. The Labute approximate surface area is 179 Å². The van der Waals surface area contributed by atoms with E-state index < -0.39 is 0 Å². The van der Waals surface area contributed by atoms with Gasteiger partial charge in [-0.05, 0) is 37.0 Å². The van der Waals surface area contributed by atoms with Crippen LogP contribution in [-0.2, 0) is 6.42 Å². The van der Waals surface area contributed by atoms with Gasteiger partial charge in [-0.15, -0.1) is 0 Å². The van der Waals surface area contributed by atoms with Gasteiger partial charge in [0.2, 0.25) is 0 Å². The van der Waals surface area contributed by atoms with Gasteiger partial charge in [0.25, 0.3) is 0 Å². The van der Waals surface area contributed by atoms with Crippen LogP contribution in [0.1, 0.15) is 96.5 Å². The van der Waals surface area contributed by atoms with Crippen molar-refractivity contribution >= 4 is 0 Å². The molecule has 0 bridgehead atoms. The van der Waals surface area contributed by atoms with Crippen molar-refractivity contribution in [1.29, 1.82) is 0 Å². The fourth-order valence-corrected chi connectivity index (χ4v) is 3.66. The summed E-state index contributed by atoms with van der Waals surface area (Å²) in [6.07, 6.45) is 18.9. The van der Waals surface area contributed by atoms with E-state index in [-0.39, 0.29) is 0 Å². The maximum absolute atomic E-state index is 5.84. The number of rotatable bonds is 16. The highest BCUT2D eigenvalue weighted by atomic mass is 16.5. The molecule has 2 heteroatoms. The molecule has 0 aliphatic heterocycles. The molecule has 0 fully saturated rings. The third-order valence-electron chi connectivity index (χ3n) is 5.57. The van der Waals surface area contributed by atoms with Crippen LogP contribution in [0.15, 0.2) is 42.6 Å². The van der Waals surface area contributed by atoms with Gasteiger partial charge in [-0.3, -0.25) is 4.98 Å². The zero-order valence-corrected chi connectivity index (χ0v) is 18.8. The number of unbranched alkanes of at least 4 members (excludes halogenated alkanes) is 10. The molecule has 160 valence electrons. The van der Waals surface area contributed by atoms with Gasteiger partial charge in [0.05, 0.1) is 18.5 Å². The molecule has 0 aliphatic carbocycles. The van der Waals surface area contributed by atoms with Crippen molar-refractivity contribution in [3.8, 4) is 17.0 Å². The maximum Gasteiger partial charge on any atom is 0.137 e. The number of aryl methyl sites for hydroxylation is 1. The predicted octanol–water partition coefficient (Wildman–Crippen LogP) is 8.39. The lowest BCUT2D eigenvalue weighted by atomic mass is 10.0. The molecule has 0 spiro atoms. The van der Waals surface area contributed by atoms with E-state index >= 15 is 0 Å². The Morgan fingerprint density at radius 1 is 0.655 bits per heavy atom. The standard InChI is InChI=1S/C27H41NO/c1-3-5-7-9-11-13-15-24-16-18-25(19-17-24)27-21-20-26(23-28-27)29-22-14-12-10-8-6-4-2/h16-21,23H,3-15,22H2,1-2H3. The Balaban J connectivity index is 1.68. The minimum absolute atomic E-state index is 0.792. The number of hydrogen-bond acceptors (Lipinski definition) is 2. The van der Waals surface area contributed by atoms with Gasteiger partial charge in [-0.25, -0.2) is 0 Å². The molecule has 1 aromatic heterocycles. The lowest BCUT2D eigenvalue weighted by Gasteiger charge is -2.08. The number of pyridine rings is 1. The van der Waals surface area contributed by atoms with E-state index in [9.17, 15) is 0 Å². The smallest absolute Gasteiger partial charge is 0.137 e. The topological polar surface area (TPSA) is 22.1 Å². The number of hydrogen-bond donors (Lipinski definition) is 0. The largest absolute Gasteiger partial charge is 0.492 e. The monoisotopic (exact) mass is 395 g/mol. The normalized spacial score (nSPS) is 11.0. The van der Waals surface area contributed by atoms with Crippen molar-refractivity contribution < 1.29 is 4.74 Å². The van der Waals surface area contributed by atoms with Crippen LogP contribution in [0.5, 0.6) is 5.75 Å². The van der Waals surface area contributed by atoms with Gasteiger partial charge in [-0.1, -0.05) is 102 Å². The van der Waals surface area contributed by atoms with Crippen molar-refractivity contribution in [2.24, 2.45) is 0 Å². The van der Waals surface area contributed by atoms with Crippen molar-refractivity contribution in [3.63, 3.8) is 0 Å². The van der Waals surface area contributed by atoms with Gasteiger partial charge >= 0.3 is 0 Å². The third-order valence-corrected chi connectivity index (χ3v) is 5.57. The first-order valence-electron chi connectivity index (χ1n) is 12.0. The Morgan fingerprint density at radius 2 is 1.28 bits per heavy atom. The van der Waals surface area contributed by atoms with Crippen molar-refractivity contribution in [1.82, 2.24) is 4.98 Å². The van der Waals surface area contributed by atoms with E-state index in [0.29, 0.717) is 0 Å². The quantitative estimate of drug-likeness (QED) is 0.266. The molecule has 2 rings (SSSR count). The van der Waals surface area contributed by atoms with E-state index in [4.69, 9.17) is 4.74 Å². The molecule has 2 aromatic rings. The summed E-state index contributed by atoms with van der Waals surface area (Å²) in [7, 11) is 0. The lowest BCUT2D eigenvalue weighted by molar-refractivity contribution is 0.303. The molecule has 0 saturated carbocycles. The average molecular weight is 396 g/mol. The van der Waals surface area contributed by atoms with Crippen LogP contribution in [0.25, 0.3) is 11.3 Å². The summed E-state index contributed by atoms with van der Waals surface area (Å²) in [5.74, 6) is 0.877. The van der Waals surface area contributed by atoms with Crippen LogP contribution >= 0.6 is 0 Å². The molecule has 0 unspecified atom stereocenters. The van der Waals surface area contributed by atoms with Gasteiger partial charge in [0.1, 0.15) is 5.75 Å². The molecule has 0 N–H and O–H groups in total. The highest BCUT2D eigenvalue weighted by Crippen LogP contribution is 2.21. The number of nitrogens with zero attached hydrogens (tertiary/aromatic N) is 1. The van der Waals surface area contributed by atoms with Crippen LogP contribution in [-0.4, -0.2) is 11.6 Å². The second-order valence-corrected chi connectivity index (χ2v) is 8.21. The number of benzene rings is 1. The Morgan fingerprint density at radius 3 is 1.90 bits per heavy atom. The second kappa shape index (κ2) is 15.1. The molecule has 29 heavy (non-hydrogen) atoms. The molecule has 0 aliphatic rings. The first-order valence-corrected chi connectivity index (χ1v) is 12.0. The zero-order chi connectivity index (χ0) is 20.6. The molecule has 1 heterocycles. The Kier molecular flexibility index (Phi) is 12.2. The van der Waals surface area contributed by atoms with E-state index in [1.54, 1.807) is 0 Å². The summed E-state index contributed by atoms with van der Waals surface area (Å²) in [6, 6.07) is 13.0. The Hall–Kier alpha value is -1.83. The average Bonchev–Trinajstić information content (AvgIpc) is 2.76. The molecule has 2 nitrogen and oxygen atoms in total. The minimum Gasteiger partial charge on any atom is -0.492 e. The fraction of sp³-hybridized carbons (Fsp3) is 0.593. The van der Waals surface area contributed by atoms with Gasteiger partial charge < -0.3 is 4.74 Å². The minimum atomic E-state index is 0.792. The number of aromatic nitrogens is 1. The van der Waals surface area contributed by atoms with E-state index in [1.165, 1.54) is 88.2 Å². The van der Waals surface area contributed by atoms with Crippen LogP contribution in [0.4, 0.5) is 0 Å². The van der Waals surface area contributed by atoms with Crippen LogP contribution in [0.3, 0.4) is 0 Å². The van der Waals surface area contributed by atoms with Crippen LogP contribution in [0.2, 0.25) is 0 Å². The lowest BCUT2D eigenvalue weighted by Crippen LogP contribution is -1.98. The SMILES string of the molecule is CCCCCCCCOc1ccc(-c2ccc(CCCCCCCC)cc2)nc1. The van der Waals surface area contributed by atoms with E-state index in [2.05, 4.69) is 49.2 Å². The van der Waals surface area contributed by atoms with Gasteiger partial charge in [-0.2, -0.15) is 0 Å². The molecule has 0 atom stereocenters. The second-order valence-electron chi connectivity index (χ2n) is 8.21. The fourth-order valence-electron chi connectivity index (χ4n) is 3.66. The summed E-state index contributed by atoms with van der Waals surface area (Å²) in [5.41, 5.74) is 3.63. The zero-order valence-electron chi connectivity index (χ0n) is 18.8. The third kappa shape index (κ3) is 9.96. The first kappa shape index (κ1) is 23.4. The van der Waals surface area contributed by atoms with Crippen LogP contribution < -0.4 is 4.74 Å². The van der Waals surface area contributed by atoms with Gasteiger partial charge in [0, 0.05) is 5.56 Å². The van der Waals surface area contributed by atoms with Crippen LogP contribution in [0, 0.1) is 0 Å². The molecular weight excluding hydrogens is 354 g/mol. The molecule has 0 amide bonds. The van der Waals surface area contributed by atoms with Gasteiger partial charge in [0.15, 0.2) is 0 Å². The predicted molar refractivity (Wildman–Crippen MR) is 126 cm³/mol. The number of ether oxygens (including phenoxy) is 1. The van der Waals surface area contributed by atoms with E-state index in [0.717, 1.165) is 24.5 Å². The van der Waals surface area contributed by atoms with Crippen molar-refractivity contribution in [2.45, 2.75) is 97.3 Å².